The Hall–Kier alpha value is -1.44. The number of amides is 1. The molecule has 0 aromatic heterocycles. The fourth-order valence-electron chi connectivity index (χ4n) is 1.56. The molecule has 1 saturated heterocycles. The molecular weight excluding hydrogens is 319 g/mol. The molecule has 0 bridgehead atoms. The minimum absolute atomic E-state index is 0.0382. The predicted octanol–water partition coefficient (Wildman–Crippen LogP) is 3.13. The van der Waals surface area contributed by atoms with Gasteiger partial charge in [-0.15, -0.1) is 13.2 Å². The lowest BCUT2D eigenvalue weighted by Crippen LogP contribution is -2.22. The number of alkyl halides is 3. The highest BCUT2D eigenvalue weighted by molar-refractivity contribution is 9.10. The van der Waals surface area contributed by atoms with Crippen LogP contribution in [0.25, 0.3) is 0 Å². The van der Waals surface area contributed by atoms with E-state index >= 15 is 0 Å². The Morgan fingerprint density at radius 2 is 2.17 bits per heavy atom. The molecule has 1 aliphatic heterocycles. The molecule has 8 heteroatoms. The van der Waals surface area contributed by atoms with Gasteiger partial charge in [0.05, 0.1) is 6.04 Å². The van der Waals surface area contributed by atoms with Crippen LogP contribution in [0.3, 0.4) is 0 Å². The van der Waals surface area contributed by atoms with E-state index in [-0.39, 0.29) is 17.9 Å². The molecule has 1 fully saturated rings. The Balaban J connectivity index is 2.32. The summed E-state index contributed by atoms with van der Waals surface area (Å²) in [7, 11) is 0. The van der Waals surface area contributed by atoms with Crippen LogP contribution in [-0.4, -0.2) is 19.1 Å². The van der Waals surface area contributed by atoms with Gasteiger partial charge in [0.1, 0.15) is 12.4 Å². The molecule has 18 heavy (non-hydrogen) atoms. The second-order valence-electron chi connectivity index (χ2n) is 3.53. The lowest BCUT2D eigenvalue weighted by Gasteiger charge is -2.16. The number of hydrogen-bond acceptors (Lipinski definition) is 3. The molecule has 0 radical (unpaired) electrons. The fraction of sp³-hybridized carbons (Fsp3) is 0.300. The lowest BCUT2D eigenvalue weighted by atomic mass is 10.1. The number of carbonyl (C=O) groups excluding carboxylic acids is 1. The van der Waals surface area contributed by atoms with Crippen molar-refractivity contribution < 1.29 is 27.4 Å². The molecule has 1 atom stereocenters. The molecule has 1 heterocycles. The summed E-state index contributed by atoms with van der Waals surface area (Å²) >= 11 is 3.15. The minimum atomic E-state index is -4.79. The van der Waals surface area contributed by atoms with Gasteiger partial charge in [-0.3, -0.25) is 0 Å². The molecule has 1 N–H and O–H groups in total. The molecule has 1 aromatic carbocycles. The summed E-state index contributed by atoms with van der Waals surface area (Å²) in [6.07, 6.45) is -5.45. The van der Waals surface area contributed by atoms with E-state index in [0.29, 0.717) is 4.47 Å². The summed E-state index contributed by atoms with van der Waals surface area (Å²) in [6.45, 7) is -0.0382. The molecule has 2 rings (SSSR count). The van der Waals surface area contributed by atoms with Crippen molar-refractivity contribution in [3.8, 4) is 5.75 Å². The van der Waals surface area contributed by atoms with Crippen molar-refractivity contribution in [2.45, 2.75) is 12.4 Å². The van der Waals surface area contributed by atoms with Crippen LogP contribution in [0.4, 0.5) is 18.0 Å². The molecule has 98 valence electrons. The molecular formula is C10H7BrF3NO3. The maximum atomic E-state index is 12.2. The van der Waals surface area contributed by atoms with Crippen molar-refractivity contribution in [3.63, 3.8) is 0 Å². The van der Waals surface area contributed by atoms with Gasteiger partial charge in [0.25, 0.3) is 0 Å². The Kier molecular flexibility index (Phi) is 3.38. The highest BCUT2D eigenvalue weighted by atomic mass is 79.9. The van der Waals surface area contributed by atoms with E-state index in [9.17, 15) is 18.0 Å². The maximum Gasteiger partial charge on any atom is 0.573 e. The van der Waals surface area contributed by atoms with E-state index in [2.05, 4.69) is 30.7 Å². The minimum Gasteiger partial charge on any atom is -0.447 e. The van der Waals surface area contributed by atoms with Gasteiger partial charge in [0.15, 0.2) is 0 Å². The van der Waals surface area contributed by atoms with Gasteiger partial charge in [-0.1, -0.05) is 15.9 Å². The number of halogens is 4. The van der Waals surface area contributed by atoms with Crippen molar-refractivity contribution in [2.24, 2.45) is 0 Å². The quantitative estimate of drug-likeness (QED) is 0.908. The van der Waals surface area contributed by atoms with E-state index in [4.69, 9.17) is 0 Å². The SMILES string of the molecule is O=C1N[C@H](c2cc(Br)ccc2OC(F)(F)F)CO1. The van der Waals surface area contributed by atoms with Gasteiger partial charge in [-0.25, -0.2) is 4.79 Å². The van der Waals surface area contributed by atoms with Crippen LogP contribution in [0, 0.1) is 0 Å². The van der Waals surface area contributed by atoms with E-state index < -0.39 is 18.5 Å². The number of ether oxygens (including phenoxy) is 2. The zero-order chi connectivity index (χ0) is 13.3. The van der Waals surface area contributed by atoms with Gasteiger partial charge in [0.2, 0.25) is 0 Å². The van der Waals surface area contributed by atoms with Crippen molar-refractivity contribution in [1.82, 2.24) is 5.32 Å². The average Bonchev–Trinajstić information content (AvgIpc) is 2.65. The molecule has 1 aliphatic rings. The van der Waals surface area contributed by atoms with Gasteiger partial charge in [0, 0.05) is 10.0 Å². The maximum absolute atomic E-state index is 12.2. The van der Waals surface area contributed by atoms with Crippen LogP contribution >= 0.6 is 15.9 Å². The van der Waals surface area contributed by atoms with Gasteiger partial charge in [-0.05, 0) is 18.2 Å². The van der Waals surface area contributed by atoms with E-state index in [0.717, 1.165) is 0 Å². The van der Waals surface area contributed by atoms with E-state index in [1.807, 2.05) is 0 Å². The Morgan fingerprint density at radius 1 is 1.44 bits per heavy atom. The zero-order valence-electron chi connectivity index (χ0n) is 8.75. The number of alkyl carbamates (subject to hydrolysis) is 1. The van der Waals surface area contributed by atoms with Crippen molar-refractivity contribution >= 4 is 22.0 Å². The summed E-state index contributed by atoms with van der Waals surface area (Å²) in [4.78, 5) is 10.9. The Labute approximate surface area is 108 Å². The third-order valence-corrected chi connectivity index (χ3v) is 2.74. The van der Waals surface area contributed by atoms with Crippen molar-refractivity contribution in [1.29, 1.82) is 0 Å². The topological polar surface area (TPSA) is 47.6 Å². The van der Waals surface area contributed by atoms with Crippen molar-refractivity contribution in [3.05, 3.63) is 28.2 Å². The monoisotopic (exact) mass is 325 g/mol. The first-order valence-electron chi connectivity index (χ1n) is 4.83. The van der Waals surface area contributed by atoms with Crippen molar-refractivity contribution in [2.75, 3.05) is 6.61 Å². The van der Waals surface area contributed by atoms with Crippen LogP contribution in [0.15, 0.2) is 22.7 Å². The van der Waals surface area contributed by atoms with Crippen LogP contribution < -0.4 is 10.1 Å². The summed E-state index contributed by atoms with van der Waals surface area (Å²) in [5, 5.41) is 2.39. The fourth-order valence-corrected chi connectivity index (χ4v) is 1.94. The number of rotatable bonds is 2. The normalized spacial score (nSPS) is 19.3. The predicted molar refractivity (Wildman–Crippen MR) is 58.0 cm³/mol. The first-order chi connectivity index (χ1) is 8.35. The highest BCUT2D eigenvalue weighted by Crippen LogP contribution is 2.34. The first kappa shape index (κ1) is 13.0. The van der Waals surface area contributed by atoms with Gasteiger partial charge >= 0.3 is 12.5 Å². The highest BCUT2D eigenvalue weighted by Gasteiger charge is 2.34. The third kappa shape index (κ3) is 3.06. The Morgan fingerprint density at radius 3 is 2.72 bits per heavy atom. The molecule has 0 spiro atoms. The van der Waals surface area contributed by atoms with Crippen LogP contribution in [0.2, 0.25) is 0 Å². The summed E-state index contributed by atoms with van der Waals surface area (Å²) in [6, 6.07) is 3.38. The Bertz CT molecular complexity index is 478. The molecule has 0 saturated carbocycles. The molecule has 1 amide bonds. The number of benzene rings is 1. The lowest BCUT2D eigenvalue weighted by molar-refractivity contribution is -0.275. The number of hydrogen-bond donors (Lipinski definition) is 1. The molecule has 0 aliphatic carbocycles. The zero-order valence-corrected chi connectivity index (χ0v) is 10.3. The smallest absolute Gasteiger partial charge is 0.447 e. The standard InChI is InChI=1S/C10H7BrF3NO3/c11-5-1-2-8(18-10(12,13)14)6(3-5)7-4-17-9(16)15-7/h1-3,7H,4H2,(H,15,16)/t7-/m0/s1. The third-order valence-electron chi connectivity index (χ3n) is 2.25. The van der Waals surface area contributed by atoms with Crippen LogP contribution in [0.1, 0.15) is 11.6 Å². The number of carbonyl (C=O) groups is 1. The molecule has 4 nitrogen and oxygen atoms in total. The number of nitrogens with one attached hydrogen (secondary N) is 1. The van der Waals surface area contributed by atoms with Gasteiger partial charge < -0.3 is 14.8 Å². The number of cyclic esters (lactones) is 1. The van der Waals surface area contributed by atoms with Crippen LogP contribution in [0.5, 0.6) is 5.75 Å². The largest absolute Gasteiger partial charge is 0.573 e. The summed E-state index contributed by atoms with van der Waals surface area (Å²) in [5.41, 5.74) is 0.201. The second kappa shape index (κ2) is 4.68. The summed E-state index contributed by atoms with van der Waals surface area (Å²) in [5.74, 6) is -0.360. The first-order valence-corrected chi connectivity index (χ1v) is 5.63. The molecule has 1 aromatic rings. The van der Waals surface area contributed by atoms with E-state index in [1.165, 1.54) is 18.2 Å². The molecule has 0 unspecified atom stereocenters. The average molecular weight is 326 g/mol. The van der Waals surface area contributed by atoms with E-state index in [1.54, 1.807) is 0 Å². The summed E-state index contributed by atoms with van der Waals surface area (Å²) < 4.78 is 45.8. The van der Waals surface area contributed by atoms with Gasteiger partial charge in [-0.2, -0.15) is 0 Å². The van der Waals surface area contributed by atoms with Crippen LogP contribution in [-0.2, 0) is 4.74 Å². The second-order valence-corrected chi connectivity index (χ2v) is 4.44.